The predicted octanol–water partition coefficient (Wildman–Crippen LogP) is 1.50. The predicted molar refractivity (Wildman–Crippen MR) is 60.7 cm³/mol. The lowest BCUT2D eigenvalue weighted by Crippen LogP contribution is -2.22. The highest BCUT2D eigenvalue weighted by molar-refractivity contribution is 5.48. The molecule has 2 heterocycles. The van der Waals surface area contributed by atoms with Crippen molar-refractivity contribution in [3.8, 4) is 0 Å². The van der Waals surface area contributed by atoms with Crippen LogP contribution in [0, 0.1) is 5.92 Å². The summed E-state index contributed by atoms with van der Waals surface area (Å²) in [6.45, 7) is 2.73. The first-order valence-electron chi connectivity index (χ1n) is 5.38. The Morgan fingerprint density at radius 3 is 3.00 bits per heavy atom. The van der Waals surface area contributed by atoms with E-state index in [9.17, 15) is 0 Å². The molecule has 0 amide bonds. The van der Waals surface area contributed by atoms with Gasteiger partial charge in [-0.3, -0.25) is 0 Å². The van der Waals surface area contributed by atoms with E-state index in [2.05, 4.69) is 10.3 Å². The molecule has 1 aromatic rings. The zero-order chi connectivity index (χ0) is 10.5. The molecule has 0 spiro atoms. The fourth-order valence-electron chi connectivity index (χ4n) is 1.74. The summed E-state index contributed by atoms with van der Waals surface area (Å²) >= 11 is 0. The Labute approximate surface area is 89.8 Å². The Balaban J connectivity index is 1.81. The first kappa shape index (κ1) is 10.2. The number of ether oxygens (including phenoxy) is 1. The third kappa shape index (κ3) is 3.09. The van der Waals surface area contributed by atoms with Gasteiger partial charge in [0.1, 0.15) is 5.82 Å². The molecule has 15 heavy (non-hydrogen) atoms. The van der Waals surface area contributed by atoms with Gasteiger partial charge in [0.05, 0.1) is 0 Å². The second-order valence-corrected chi connectivity index (χ2v) is 3.91. The van der Waals surface area contributed by atoms with Crippen molar-refractivity contribution in [1.29, 1.82) is 0 Å². The van der Waals surface area contributed by atoms with Crippen molar-refractivity contribution < 1.29 is 4.74 Å². The highest BCUT2D eigenvalue weighted by atomic mass is 16.5. The summed E-state index contributed by atoms with van der Waals surface area (Å²) in [6.07, 6.45) is 3.99. The summed E-state index contributed by atoms with van der Waals surface area (Å²) < 4.78 is 5.31. The lowest BCUT2D eigenvalue weighted by molar-refractivity contribution is 0.0699. The number of rotatable bonds is 3. The van der Waals surface area contributed by atoms with E-state index < -0.39 is 0 Å². The van der Waals surface area contributed by atoms with Crippen molar-refractivity contribution in [2.75, 3.05) is 30.8 Å². The third-order valence-electron chi connectivity index (χ3n) is 2.70. The van der Waals surface area contributed by atoms with Gasteiger partial charge in [0.15, 0.2) is 0 Å². The average Bonchev–Trinajstić information content (AvgIpc) is 2.28. The summed E-state index contributed by atoms with van der Waals surface area (Å²) in [4.78, 5) is 4.20. The van der Waals surface area contributed by atoms with E-state index in [1.165, 1.54) is 0 Å². The second-order valence-electron chi connectivity index (χ2n) is 3.91. The van der Waals surface area contributed by atoms with Crippen molar-refractivity contribution in [3.05, 3.63) is 18.3 Å². The molecule has 1 saturated heterocycles. The largest absolute Gasteiger partial charge is 0.399 e. The normalized spacial score (nSPS) is 17.6. The molecule has 1 aliphatic rings. The van der Waals surface area contributed by atoms with Gasteiger partial charge in [0, 0.05) is 37.7 Å². The SMILES string of the molecule is Nc1ccnc(NCC2CCOCC2)c1. The quantitative estimate of drug-likeness (QED) is 0.788. The number of hydrogen-bond donors (Lipinski definition) is 2. The summed E-state index contributed by atoms with van der Waals surface area (Å²) in [5.74, 6) is 1.56. The van der Waals surface area contributed by atoms with E-state index in [-0.39, 0.29) is 0 Å². The Kier molecular flexibility index (Phi) is 3.40. The third-order valence-corrected chi connectivity index (χ3v) is 2.70. The number of nitrogens with one attached hydrogen (secondary N) is 1. The number of nitrogen functional groups attached to an aromatic ring is 1. The molecule has 4 nitrogen and oxygen atoms in total. The average molecular weight is 207 g/mol. The molecule has 0 bridgehead atoms. The number of anilines is 2. The smallest absolute Gasteiger partial charge is 0.127 e. The first-order valence-corrected chi connectivity index (χ1v) is 5.38. The lowest BCUT2D eigenvalue weighted by atomic mass is 10.0. The van der Waals surface area contributed by atoms with Gasteiger partial charge in [-0.2, -0.15) is 0 Å². The Bertz CT molecular complexity index is 310. The highest BCUT2D eigenvalue weighted by Crippen LogP contribution is 2.16. The Morgan fingerprint density at radius 2 is 2.27 bits per heavy atom. The van der Waals surface area contributed by atoms with E-state index in [4.69, 9.17) is 10.5 Å². The van der Waals surface area contributed by atoms with Crippen LogP contribution in [0.1, 0.15) is 12.8 Å². The maximum absolute atomic E-state index is 5.67. The minimum Gasteiger partial charge on any atom is -0.399 e. The number of aromatic nitrogens is 1. The molecule has 1 aliphatic heterocycles. The van der Waals surface area contributed by atoms with Crippen LogP contribution in [-0.2, 0) is 4.74 Å². The van der Waals surface area contributed by atoms with Crippen molar-refractivity contribution in [1.82, 2.24) is 4.98 Å². The summed E-state index contributed by atoms with van der Waals surface area (Å²) in [5.41, 5.74) is 6.42. The molecule has 0 saturated carbocycles. The Hall–Kier alpha value is -1.29. The van der Waals surface area contributed by atoms with E-state index in [0.29, 0.717) is 5.92 Å². The van der Waals surface area contributed by atoms with Crippen LogP contribution in [0.5, 0.6) is 0 Å². The summed E-state index contributed by atoms with van der Waals surface area (Å²) in [5, 5.41) is 3.31. The zero-order valence-corrected chi connectivity index (χ0v) is 8.78. The van der Waals surface area contributed by atoms with E-state index in [1.54, 1.807) is 12.3 Å². The van der Waals surface area contributed by atoms with Crippen LogP contribution < -0.4 is 11.1 Å². The fourth-order valence-corrected chi connectivity index (χ4v) is 1.74. The Morgan fingerprint density at radius 1 is 1.47 bits per heavy atom. The monoisotopic (exact) mass is 207 g/mol. The highest BCUT2D eigenvalue weighted by Gasteiger charge is 2.13. The van der Waals surface area contributed by atoms with Crippen molar-refractivity contribution >= 4 is 11.5 Å². The van der Waals surface area contributed by atoms with Crippen LogP contribution in [0.15, 0.2) is 18.3 Å². The minimum absolute atomic E-state index is 0.696. The molecule has 1 aromatic heterocycles. The van der Waals surface area contributed by atoms with Gasteiger partial charge in [-0.05, 0) is 24.8 Å². The van der Waals surface area contributed by atoms with Gasteiger partial charge < -0.3 is 15.8 Å². The molecule has 82 valence electrons. The topological polar surface area (TPSA) is 60.2 Å². The van der Waals surface area contributed by atoms with Crippen LogP contribution in [-0.4, -0.2) is 24.7 Å². The summed E-state index contributed by atoms with van der Waals surface area (Å²) in [6, 6.07) is 3.65. The molecule has 4 heteroatoms. The molecule has 0 aliphatic carbocycles. The number of hydrogen-bond acceptors (Lipinski definition) is 4. The number of nitrogens with two attached hydrogens (primary N) is 1. The van der Waals surface area contributed by atoms with Gasteiger partial charge in [-0.1, -0.05) is 0 Å². The number of pyridine rings is 1. The molecule has 1 fully saturated rings. The molecular weight excluding hydrogens is 190 g/mol. The molecule has 3 N–H and O–H groups in total. The maximum atomic E-state index is 5.67. The van der Waals surface area contributed by atoms with Crippen LogP contribution in [0.4, 0.5) is 11.5 Å². The summed E-state index contributed by atoms with van der Waals surface area (Å²) in [7, 11) is 0. The van der Waals surface area contributed by atoms with E-state index in [0.717, 1.165) is 44.1 Å². The maximum Gasteiger partial charge on any atom is 0.127 e. The number of nitrogens with zero attached hydrogens (tertiary/aromatic N) is 1. The van der Waals surface area contributed by atoms with Gasteiger partial charge in [0.25, 0.3) is 0 Å². The minimum atomic E-state index is 0.696. The van der Waals surface area contributed by atoms with Crippen molar-refractivity contribution in [3.63, 3.8) is 0 Å². The van der Waals surface area contributed by atoms with Gasteiger partial charge >= 0.3 is 0 Å². The van der Waals surface area contributed by atoms with E-state index in [1.807, 2.05) is 6.07 Å². The molecule has 0 atom stereocenters. The van der Waals surface area contributed by atoms with Gasteiger partial charge in [-0.15, -0.1) is 0 Å². The van der Waals surface area contributed by atoms with Crippen LogP contribution in [0.3, 0.4) is 0 Å². The van der Waals surface area contributed by atoms with Crippen molar-refractivity contribution in [2.45, 2.75) is 12.8 Å². The second kappa shape index (κ2) is 4.98. The van der Waals surface area contributed by atoms with E-state index >= 15 is 0 Å². The van der Waals surface area contributed by atoms with Gasteiger partial charge in [-0.25, -0.2) is 4.98 Å². The molecule has 0 aromatic carbocycles. The standard InChI is InChI=1S/C11H17N3O/c12-10-1-4-13-11(7-10)14-8-9-2-5-15-6-3-9/h1,4,7,9H,2-3,5-6,8H2,(H3,12,13,14). The van der Waals surface area contributed by atoms with Gasteiger partial charge in [0.2, 0.25) is 0 Å². The molecule has 2 rings (SSSR count). The fraction of sp³-hybridized carbons (Fsp3) is 0.545. The molecule has 0 radical (unpaired) electrons. The first-order chi connectivity index (χ1) is 7.34. The molecule has 0 unspecified atom stereocenters. The van der Waals surface area contributed by atoms with Crippen LogP contribution in [0.2, 0.25) is 0 Å². The van der Waals surface area contributed by atoms with Crippen molar-refractivity contribution in [2.24, 2.45) is 5.92 Å². The lowest BCUT2D eigenvalue weighted by Gasteiger charge is -2.22. The zero-order valence-electron chi connectivity index (χ0n) is 8.78. The van der Waals surface area contributed by atoms with Crippen LogP contribution in [0.25, 0.3) is 0 Å². The van der Waals surface area contributed by atoms with Crippen LogP contribution >= 0.6 is 0 Å². The molecular formula is C11H17N3O.